The zero-order chi connectivity index (χ0) is 12.6. The van der Waals surface area contributed by atoms with E-state index in [1.807, 2.05) is 0 Å². The molecule has 0 saturated heterocycles. The lowest BCUT2D eigenvalue weighted by Crippen LogP contribution is -2.23. The van der Waals surface area contributed by atoms with Crippen LogP contribution in [0.3, 0.4) is 0 Å². The number of furan rings is 1. The second-order valence-corrected chi connectivity index (χ2v) is 5.04. The van der Waals surface area contributed by atoms with Crippen LogP contribution >= 0.6 is 27.5 Å². The highest BCUT2D eigenvalue weighted by Gasteiger charge is 2.31. The summed E-state index contributed by atoms with van der Waals surface area (Å²) in [7, 11) is 0. The van der Waals surface area contributed by atoms with Gasteiger partial charge in [0.25, 0.3) is 0 Å². The fourth-order valence-electron chi connectivity index (χ4n) is 1.60. The summed E-state index contributed by atoms with van der Waals surface area (Å²) >= 11 is 8.92. The molecule has 0 amide bonds. The van der Waals surface area contributed by atoms with Crippen molar-refractivity contribution in [1.82, 2.24) is 0 Å². The van der Waals surface area contributed by atoms with Crippen LogP contribution in [0.4, 0.5) is 4.39 Å². The molecule has 2 rings (SSSR count). The number of hydrogen-bond donors (Lipinski definition) is 1. The average molecular weight is 320 g/mol. The van der Waals surface area contributed by atoms with Gasteiger partial charge in [-0.1, -0.05) is 17.7 Å². The summed E-state index contributed by atoms with van der Waals surface area (Å²) < 4.78 is 19.3. The average Bonchev–Trinajstić information content (AvgIpc) is 2.79. The lowest BCUT2D eigenvalue weighted by atomic mass is 9.90. The molecule has 5 heteroatoms. The molecule has 0 bridgehead atoms. The number of benzene rings is 1. The molecule has 1 aromatic heterocycles. The van der Waals surface area contributed by atoms with Crippen molar-refractivity contribution in [2.45, 2.75) is 12.5 Å². The van der Waals surface area contributed by atoms with Gasteiger partial charge >= 0.3 is 0 Å². The van der Waals surface area contributed by atoms with Gasteiger partial charge in [-0.2, -0.15) is 0 Å². The van der Waals surface area contributed by atoms with Gasteiger partial charge in [-0.25, -0.2) is 4.39 Å². The highest BCUT2D eigenvalue weighted by Crippen LogP contribution is 2.36. The van der Waals surface area contributed by atoms with Crippen LogP contribution in [0, 0.1) is 5.82 Å². The zero-order valence-corrected chi connectivity index (χ0v) is 11.2. The van der Waals surface area contributed by atoms with Crippen molar-refractivity contribution < 1.29 is 13.9 Å². The van der Waals surface area contributed by atoms with Crippen LogP contribution in [0.1, 0.15) is 18.1 Å². The molecular weight excluding hydrogens is 310 g/mol. The molecule has 0 fully saturated rings. The van der Waals surface area contributed by atoms with Gasteiger partial charge in [0.2, 0.25) is 0 Å². The maximum atomic E-state index is 14.0. The van der Waals surface area contributed by atoms with Crippen molar-refractivity contribution in [2.24, 2.45) is 0 Å². The smallest absolute Gasteiger partial charge is 0.149 e. The van der Waals surface area contributed by atoms with E-state index in [0.29, 0.717) is 10.0 Å². The fourth-order valence-corrected chi connectivity index (χ4v) is 2.07. The van der Waals surface area contributed by atoms with Crippen molar-refractivity contribution in [3.63, 3.8) is 0 Å². The zero-order valence-electron chi connectivity index (χ0n) is 8.88. The molecule has 0 saturated carbocycles. The third kappa shape index (κ3) is 2.12. The van der Waals surface area contributed by atoms with Gasteiger partial charge in [0.05, 0.1) is 17.5 Å². The van der Waals surface area contributed by atoms with Crippen LogP contribution in [0.5, 0.6) is 0 Å². The molecular formula is C12H9BrClFO2. The molecule has 1 N–H and O–H groups in total. The molecule has 90 valence electrons. The van der Waals surface area contributed by atoms with Gasteiger partial charge < -0.3 is 9.52 Å². The van der Waals surface area contributed by atoms with Gasteiger partial charge in [0.15, 0.2) is 0 Å². The summed E-state index contributed by atoms with van der Waals surface area (Å²) in [5, 5.41) is 10.3. The molecule has 0 radical (unpaired) electrons. The van der Waals surface area contributed by atoms with Crippen molar-refractivity contribution >= 4 is 27.5 Å². The Morgan fingerprint density at radius 3 is 2.71 bits per heavy atom. The van der Waals surface area contributed by atoms with Gasteiger partial charge in [0.1, 0.15) is 11.4 Å². The first-order valence-electron chi connectivity index (χ1n) is 4.83. The van der Waals surface area contributed by atoms with Crippen molar-refractivity contribution in [2.75, 3.05) is 0 Å². The van der Waals surface area contributed by atoms with Gasteiger partial charge in [-0.15, -0.1) is 0 Å². The van der Waals surface area contributed by atoms with E-state index < -0.39 is 11.4 Å². The molecule has 0 aliphatic carbocycles. The normalized spacial score (nSPS) is 14.6. The largest absolute Gasteiger partial charge is 0.472 e. The summed E-state index contributed by atoms with van der Waals surface area (Å²) in [6.07, 6.45) is 2.79. The maximum Gasteiger partial charge on any atom is 0.149 e. The number of aliphatic hydroxyl groups is 1. The molecule has 2 nitrogen and oxygen atoms in total. The topological polar surface area (TPSA) is 33.4 Å². The highest BCUT2D eigenvalue weighted by atomic mass is 79.9. The number of halogens is 3. The molecule has 0 spiro atoms. The van der Waals surface area contributed by atoms with E-state index in [0.717, 1.165) is 0 Å². The number of rotatable bonds is 2. The first-order chi connectivity index (χ1) is 7.94. The first-order valence-corrected chi connectivity index (χ1v) is 6.00. The van der Waals surface area contributed by atoms with E-state index in [4.69, 9.17) is 16.0 Å². The van der Waals surface area contributed by atoms with Crippen molar-refractivity contribution in [1.29, 1.82) is 0 Å². The molecule has 0 aliphatic rings. The van der Waals surface area contributed by atoms with Crippen LogP contribution in [0.15, 0.2) is 39.6 Å². The Labute approximate surface area is 111 Å². The summed E-state index contributed by atoms with van der Waals surface area (Å²) in [5.41, 5.74) is -0.914. The van der Waals surface area contributed by atoms with E-state index in [-0.39, 0.29) is 10.6 Å². The number of hydrogen-bond acceptors (Lipinski definition) is 2. The second-order valence-electron chi connectivity index (χ2n) is 3.81. The summed E-state index contributed by atoms with van der Waals surface area (Å²) in [5.74, 6) is -0.646. The van der Waals surface area contributed by atoms with E-state index in [1.54, 1.807) is 12.1 Å². The minimum Gasteiger partial charge on any atom is -0.472 e. The Kier molecular flexibility index (Phi) is 3.30. The summed E-state index contributed by atoms with van der Waals surface area (Å²) in [6, 6.07) is 4.66. The van der Waals surface area contributed by atoms with E-state index in [1.165, 1.54) is 25.5 Å². The summed E-state index contributed by atoms with van der Waals surface area (Å²) in [4.78, 5) is 0. The Bertz CT molecular complexity index is 538. The van der Waals surface area contributed by atoms with Crippen LogP contribution in [-0.4, -0.2) is 5.11 Å². The molecule has 1 unspecified atom stereocenters. The SMILES string of the molecule is CC(O)(c1ccoc1)c1ccc(Br)c(Cl)c1F. The standard InChI is InChI=1S/C12H9BrClFO2/c1-12(16,7-4-5-17-6-7)8-2-3-9(13)10(14)11(8)15/h2-6,16H,1H3. The van der Waals surface area contributed by atoms with E-state index in [2.05, 4.69) is 15.9 Å². The molecule has 17 heavy (non-hydrogen) atoms. The van der Waals surface area contributed by atoms with E-state index >= 15 is 0 Å². The molecule has 1 atom stereocenters. The third-order valence-electron chi connectivity index (χ3n) is 2.64. The van der Waals surface area contributed by atoms with Crippen LogP contribution in [0.2, 0.25) is 5.02 Å². The Balaban J connectivity index is 2.58. The van der Waals surface area contributed by atoms with Gasteiger partial charge in [0, 0.05) is 15.6 Å². The monoisotopic (exact) mass is 318 g/mol. The predicted octanol–water partition coefficient (Wildman–Crippen LogP) is 4.09. The van der Waals surface area contributed by atoms with E-state index in [9.17, 15) is 9.50 Å². The van der Waals surface area contributed by atoms with Crippen LogP contribution < -0.4 is 0 Å². The second kappa shape index (κ2) is 4.44. The highest BCUT2D eigenvalue weighted by molar-refractivity contribution is 9.10. The minimum atomic E-state index is -1.48. The molecule has 2 aromatic rings. The van der Waals surface area contributed by atoms with Crippen LogP contribution in [-0.2, 0) is 5.60 Å². The Hall–Kier alpha value is -0.840. The lowest BCUT2D eigenvalue weighted by molar-refractivity contribution is 0.0972. The molecule has 1 aromatic carbocycles. The summed E-state index contributed by atoms with van der Waals surface area (Å²) in [6.45, 7) is 1.49. The molecule has 0 aliphatic heterocycles. The van der Waals surface area contributed by atoms with Crippen LogP contribution in [0.25, 0.3) is 0 Å². The first kappa shape index (κ1) is 12.6. The maximum absolute atomic E-state index is 14.0. The lowest BCUT2D eigenvalue weighted by Gasteiger charge is -2.23. The Morgan fingerprint density at radius 1 is 1.41 bits per heavy atom. The Morgan fingerprint density at radius 2 is 2.12 bits per heavy atom. The minimum absolute atomic E-state index is 0.0498. The van der Waals surface area contributed by atoms with Crippen molar-refractivity contribution in [3.05, 3.63) is 57.2 Å². The quantitative estimate of drug-likeness (QED) is 0.846. The molecule has 1 heterocycles. The van der Waals surface area contributed by atoms with Gasteiger partial charge in [-0.05, 0) is 35.0 Å². The van der Waals surface area contributed by atoms with Gasteiger partial charge in [-0.3, -0.25) is 0 Å². The predicted molar refractivity (Wildman–Crippen MR) is 66.5 cm³/mol. The fraction of sp³-hybridized carbons (Fsp3) is 0.167. The van der Waals surface area contributed by atoms with Crippen molar-refractivity contribution in [3.8, 4) is 0 Å². The third-order valence-corrected chi connectivity index (χ3v) is 3.90.